The molecule has 0 spiro atoms. The number of Topliss-reactive ketones (excluding diaryl/α,β-unsaturated/α-hetero) is 1. The maximum Gasteiger partial charge on any atom is 0.187 e. The van der Waals surface area contributed by atoms with Crippen LogP contribution in [-0.4, -0.2) is 20.5 Å². The number of aryl methyl sites for hydroxylation is 4. The highest BCUT2D eigenvalue weighted by Gasteiger charge is 2.14. The average molecular weight is 257 g/mol. The summed E-state index contributed by atoms with van der Waals surface area (Å²) in [5.74, 6) is 0.0482. The fraction of sp³-hybridized carbons (Fsp3) is 0.400. The van der Waals surface area contributed by atoms with Gasteiger partial charge in [-0.15, -0.1) is 0 Å². The molecule has 2 heterocycles. The lowest BCUT2D eigenvalue weighted by Gasteiger charge is -2.06. The molecule has 0 N–H and O–H groups in total. The molecule has 0 radical (unpaired) electrons. The van der Waals surface area contributed by atoms with Gasteiger partial charge >= 0.3 is 0 Å². The average Bonchev–Trinajstić information content (AvgIpc) is 2.69. The second kappa shape index (κ2) is 5.34. The Morgan fingerprint density at radius 2 is 2.00 bits per heavy atom. The number of hydrogen-bond donors (Lipinski definition) is 0. The number of rotatable bonds is 4. The van der Waals surface area contributed by atoms with Crippen molar-refractivity contribution in [3.63, 3.8) is 0 Å². The fourth-order valence-electron chi connectivity index (χ4n) is 2.27. The van der Waals surface area contributed by atoms with Crippen LogP contribution in [0, 0.1) is 20.8 Å². The van der Waals surface area contributed by atoms with Gasteiger partial charge in [0.25, 0.3) is 0 Å². The van der Waals surface area contributed by atoms with E-state index in [0.717, 1.165) is 29.1 Å². The van der Waals surface area contributed by atoms with Gasteiger partial charge in [0.15, 0.2) is 5.78 Å². The van der Waals surface area contributed by atoms with Gasteiger partial charge in [0.1, 0.15) is 5.69 Å². The first-order valence-corrected chi connectivity index (χ1v) is 6.51. The molecule has 0 unspecified atom stereocenters. The van der Waals surface area contributed by atoms with E-state index in [2.05, 4.69) is 10.1 Å². The minimum absolute atomic E-state index is 0.0482. The molecule has 2 rings (SSSR count). The van der Waals surface area contributed by atoms with Crippen LogP contribution < -0.4 is 0 Å². The largest absolute Gasteiger partial charge is 0.292 e. The van der Waals surface area contributed by atoms with E-state index in [0.29, 0.717) is 12.1 Å². The van der Waals surface area contributed by atoms with Gasteiger partial charge in [-0.1, -0.05) is 6.07 Å². The topological polar surface area (TPSA) is 47.8 Å². The monoisotopic (exact) mass is 257 g/mol. The summed E-state index contributed by atoms with van der Waals surface area (Å²) in [7, 11) is 0. The molecule has 4 nitrogen and oxygen atoms in total. The number of pyridine rings is 1. The molecule has 0 aliphatic rings. The van der Waals surface area contributed by atoms with Crippen LogP contribution in [0.25, 0.3) is 0 Å². The summed E-state index contributed by atoms with van der Waals surface area (Å²) in [4.78, 5) is 16.6. The maximum absolute atomic E-state index is 12.3. The molecular weight excluding hydrogens is 238 g/mol. The molecule has 4 heteroatoms. The van der Waals surface area contributed by atoms with E-state index in [-0.39, 0.29) is 5.78 Å². The first-order valence-electron chi connectivity index (χ1n) is 6.51. The molecule has 2 aromatic heterocycles. The normalized spacial score (nSPS) is 10.7. The van der Waals surface area contributed by atoms with Crippen LogP contribution in [0.15, 0.2) is 18.3 Å². The Morgan fingerprint density at radius 1 is 1.26 bits per heavy atom. The number of hydrogen-bond acceptors (Lipinski definition) is 3. The highest BCUT2D eigenvalue weighted by atomic mass is 16.1. The van der Waals surface area contributed by atoms with E-state index in [1.807, 2.05) is 44.5 Å². The van der Waals surface area contributed by atoms with Crippen LogP contribution in [0.5, 0.6) is 0 Å². The highest BCUT2D eigenvalue weighted by Crippen LogP contribution is 2.12. The van der Waals surface area contributed by atoms with Crippen molar-refractivity contribution in [1.29, 1.82) is 0 Å². The third kappa shape index (κ3) is 2.89. The van der Waals surface area contributed by atoms with Crippen LogP contribution in [0.4, 0.5) is 0 Å². The zero-order valence-corrected chi connectivity index (χ0v) is 11.9. The summed E-state index contributed by atoms with van der Waals surface area (Å²) in [5.41, 5.74) is 4.46. The number of carbonyl (C=O) groups excluding carboxylic acids is 1. The third-order valence-corrected chi connectivity index (χ3v) is 3.11. The molecule has 0 atom stereocenters. The van der Waals surface area contributed by atoms with Gasteiger partial charge in [0.2, 0.25) is 0 Å². The second-order valence-corrected chi connectivity index (χ2v) is 4.87. The van der Waals surface area contributed by atoms with Crippen molar-refractivity contribution < 1.29 is 4.79 Å². The molecule has 19 heavy (non-hydrogen) atoms. The molecular formula is C15H19N3O. The summed E-state index contributed by atoms with van der Waals surface area (Å²) in [6.07, 6.45) is 2.09. The van der Waals surface area contributed by atoms with Crippen LogP contribution in [-0.2, 0) is 13.0 Å². The van der Waals surface area contributed by atoms with Crippen molar-refractivity contribution in [2.24, 2.45) is 0 Å². The van der Waals surface area contributed by atoms with Gasteiger partial charge in [0, 0.05) is 18.4 Å². The van der Waals surface area contributed by atoms with Gasteiger partial charge in [-0.3, -0.25) is 14.5 Å². The minimum Gasteiger partial charge on any atom is -0.292 e. The minimum atomic E-state index is 0.0482. The van der Waals surface area contributed by atoms with Gasteiger partial charge < -0.3 is 0 Å². The van der Waals surface area contributed by atoms with Crippen molar-refractivity contribution >= 4 is 5.78 Å². The summed E-state index contributed by atoms with van der Waals surface area (Å²) in [6, 6.07) is 3.95. The van der Waals surface area contributed by atoms with Gasteiger partial charge in [-0.05, 0) is 44.9 Å². The van der Waals surface area contributed by atoms with E-state index in [1.165, 1.54) is 0 Å². The molecule has 0 fully saturated rings. The molecule has 0 aliphatic carbocycles. The summed E-state index contributed by atoms with van der Waals surface area (Å²) in [5, 5.41) is 4.36. The summed E-state index contributed by atoms with van der Waals surface area (Å²) in [6.45, 7) is 8.64. The zero-order valence-electron chi connectivity index (χ0n) is 11.9. The summed E-state index contributed by atoms with van der Waals surface area (Å²) >= 11 is 0. The lowest BCUT2D eigenvalue weighted by Crippen LogP contribution is -2.12. The number of ketones is 1. The maximum atomic E-state index is 12.3. The first kappa shape index (κ1) is 13.5. The molecule has 0 amide bonds. The predicted molar refractivity (Wildman–Crippen MR) is 74.4 cm³/mol. The van der Waals surface area contributed by atoms with Crippen molar-refractivity contribution in [2.75, 3.05) is 0 Å². The second-order valence-electron chi connectivity index (χ2n) is 4.87. The lowest BCUT2D eigenvalue weighted by atomic mass is 10.1. The highest BCUT2D eigenvalue weighted by molar-refractivity contribution is 5.96. The Balaban J connectivity index is 2.25. The molecule has 0 aliphatic heterocycles. The van der Waals surface area contributed by atoms with E-state index in [4.69, 9.17) is 0 Å². The molecule has 0 saturated heterocycles. The van der Waals surface area contributed by atoms with Crippen molar-refractivity contribution in [1.82, 2.24) is 14.8 Å². The Kier molecular flexibility index (Phi) is 3.79. The van der Waals surface area contributed by atoms with E-state index in [1.54, 1.807) is 6.20 Å². The predicted octanol–water partition coefficient (Wildman–Crippen LogP) is 2.65. The Morgan fingerprint density at radius 3 is 2.63 bits per heavy atom. The van der Waals surface area contributed by atoms with Crippen molar-refractivity contribution in [3.05, 3.63) is 46.5 Å². The Hall–Kier alpha value is -1.97. The zero-order chi connectivity index (χ0) is 14.0. The molecule has 0 bridgehead atoms. The standard InChI is InChI=1S/C15H19N3O/c1-5-18-13(7-12(4)17-18)8-14(19)15-11(3)6-10(2)9-16-15/h6-7,9H,5,8H2,1-4H3. The Bertz CT molecular complexity index is 614. The Labute approximate surface area is 113 Å². The van der Waals surface area contributed by atoms with E-state index >= 15 is 0 Å². The molecule has 0 aromatic carbocycles. The molecule has 100 valence electrons. The SMILES string of the molecule is CCn1nc(C)cc1CC(=O)c1ncc(C)cc1C. The molecule has 2 aromatic rings. The first-order chi connectivity index (χ1) is 9.01. The molecule has 0 saturated carbocycles. The number of aromatic nitrogens is 3. The van der Waals surface area contributed by atoms with Gasteiger partial charge in [-0.25, -0.2) is 0 Å². The number of nitrogens with zero attached hydrogens (tertiary/aromatic N) is 3. The van der Waals surface area contributed by atoms with Crippen LogP contribution in [0.2, 0.25) is 0 Å². The van der Waals surface area contributed by atoms with E-state index in [9.17, 15) is 4.79 Å². The number of carbonyl (C=O) groups is 1. The third-order valence-electron chi connectivity index (χ3n) is 3.11. The lowest BCUT2D eigenvalue weighted by molar-refractivity contribution is 0.0985. The quantitative estimate of drug-likeness (QED) is 0.791. The van der Waals surface area contributed by atoms with Crippen molar-refractivity contribution in [2.45, 2.75) is 40.7 Å². The van der Waals surface area contributed by atoms with Crippen LogP contribution >= 0.6 is 0 Å². The fourth-order valence-corrected chi connectivity index (χ4v) is 2.27. The van der Waals surface area contributed by atoms with Gasteiger partial charge in [-0.2, -0.15) is 5.10 Å². The van der Waals surface area contributed by atoms with E-state index < -0.39 is 0 Å². The van der Waals surface area contributed by atoms with Crippen molar-refractivity contribution in [3.8, 4) is 0 Å². The van der Waals surface area contributed by atoms with Gasteiger partial charge in [0.05, 0.1) is 12.1 Å². The smallest absolute Gasteiger partial charge is 0.187 e. The van der Waals surface area contributed by atoms with Crippen LogP contribution in [0.3, 0.4) is 0 Å². The van der Waals surface area contributed by atoms with Crippen LogP contribution in [0.1, 0.15) is 39.9 Å². The summed E-state index contributed by atoms with van der Waals surface area (Å²) < 4.78 is 1.87.